The lowest BCUT2D eigenvalue weighted by molar-refractivity contribution is 1.34. The molecule has 84 valence electrons. The van der Waals surface area contributed by atoms with E-state index in [0.29, 0.717) is 0 Å². The van der Waals surface area contributed by atoms with Gasteiger partial charge in [-0.25, -0.2) is 0 Å². The van der Waals surface area contributed by atoms with Crippen molar-refractivity contribution in [3.63, 3.8) is 0 Å². The Morgan fingerprint density at radius 3 is 2.82 bits per heavy atom. The first-order chi connectivity index (χ1) is 8.24. The molecule has 2 heterocycles. The Kier molecular flexibility index (Phi) is 2.34. The molecule has 3 aromatic rings. The van der Waals surface area contributed by atoms with Crippen molar-refractivity contribution in [1.82, 2.24) is 4.98 Å². The number of aromatic nitrogens is 1. The smallest absolute Gasteiger partial charge is 0.0822 e. The number of thiophene rings is 1. The van der Waals surface area contributed by atoms with Gasteiger partial charge in [-0.3, -0.25) is 4.98 Å². The SMILES string of the molecule is Cc1cccc2sc(-c3cc(N)ccn3)cc12. The van der Waals surface area contributed by atoms with E-state index in [0.717, 1.165) is 11.4 Å². The zero-order valence-corrected chi connectivity index (χ0v) is 10.3. The van der Waals surface area contributed by atoms with Gasteiger partial charge in [-0.15, -0.1) is 11.3 Å². The van der Waals surface area contributed by atoms with E-state index in [4.69, 9.17) is 5.73 Å². The van der Waals surface area contributed by atoms with Crippen LogP contribution in [0.2, 0.25) is 0 Å². The second kappa shape index (κ2) is 3.86. The molecule has 0 saturated carbocycles. The molecule has 0 saturated heterocycles. The Labute approximate surface area is 104 Å². The monoisotopic (exact) mass is 240 g/mol. The molecular formula is C14H12N2S. The van der Waals surface area contributed by atoms with Crippen molar-refractivity contribution in [3.05, 3.63) is 48.2 Å². The van der Waals surface area contributed by atoms with E-state index < -0.39 is 0 Å². The molecule has 2 aromatic heterocycles. The number of nitrogens with zero attached hydrogens (tertiary/aromatic N) is 1. The van der Waals surface area contributed by atoms with Crippen LogP contribution in [0, 0.1) is 6.92 Å². The van der Waals surface area contributed by atoms with Gasteiger partial charge in [0.1, 0.15) is 0 Å². The standard InChI is InChI=1S/C14H12N2S/c1-9-3-2-4-13-11(9)8-14(17-13)12-7-10(15)5-6-16-12/h2-8H,1H3,(H2,15,16). The zero-order valence-electron chi connectivity index (χ0n) is 9.47. The van der Waals surface area contributed by atoms with E-state index >= 15 is 0 Å². The molecule has 2 nitrogen and oxygen atoms in total. The molecule has 2 N–H and O–H groups in total. The first-order valence-electron chi connectivity index (χ1n) is 5.45. The number of rotatable bonds is 1. The molecule has 0 unspecified atom stereocenters. The number of pyridine rings is 1. The molecular weight excluding hydrogens is 228 g/mol. The van der Waals surface area contributed by atoms with E-state index in [2.05, 4.69) is 36.2 Å². The molecule has 0 aliphatic heterocycles. The third-order valence-electron chi connectivity index (χ3n) is 2.82. The normalized spacial score (nSPS) is 10.9. The first-order valence-corrected chi connectivity index (χ1v) is 6.27. The average molecular weight is 240 g/mol. The highest BCUT2D eigenvalue weighted by Gasteiger charge is 2.06. The molecule has 3 rings (SSSR count). The number of hydrogen-bond donors (Lipinski definition) is 1. The topological polar surface area (TPSA) is 38.9 Å². The molecule has 0 atom stereocenters. The summed E-state index contributed by atoms with van der Waals surface area (Å²) in [5.41, 5.74) is 8.79. The molecule has 0 bridgehead atoms. The summed E-state index contributed by atoms with van der Waals surface area (Å²) in [6, 6.07) is 12.3. The van der Waals surface area contributed by atoms with Crippen LogP contribution in [0.15, 0.2) is 42.6 Å². The number of nitrogens with two attached hydrogens (primary N) is 1. The minimum Gasteiger partial charge on any atom is -0.399 e. The van der Waals surface area contributed by atoms with E-state index in [-0.39, 0.29) is 0 Å². The van der Waals surface area contributed by atoms with Crippen LogP contribution in [0.1, 0.15) is 5.56 Å². The van der Waals surface area contributed by atoms with Gasteiger partial charge < -0.3 is 5.73 Å². The summed E-state index contributed by atoms with van der Waals surface area (Å²) >= 11 is 1.76. The molecule has 0 fully saturated rings. The second-order valence-corrected chi connectivity index (χ2v) is 5.16. The van der Waals surface area contributed by atoms with E-state index in [1.807, 2.05) is 12.1 Å². The number of hydrogen-bond acceptors (Lipinski definition) is 3. The van der Waals surface area contributed by atoms with Crippen LogP contribution in [0.4, 0.5) is 5.69 Å². The lowest BCUT2D eigenvalue weighted by atomic mass is 10.1. The summed E-state index contributed by atoms with van der Waals surface area (Å²) in [7, 11) is 0. The van der Waals surface area contributed by atoms with Gasteiger partial charge in [0.2, 0.25) is 0 Å². The summed E-state index contributed by atoms with van der Waals surface area (Å²) in [5, 5.41) is 1.30. The molecule has 3 heteroatoms. The van der Waals surface area contributed by atoms with Gasteiger partial charge in [-0.1, -0.05) is 12.1 Å². The summed E-state index contributed by atoms with van der Waals surface area (Å²) < 4.78 is 1.30. The molecule has 1 aromatic carbocycles. The van der Waals surface area contributed by atoms with Gasteiger partial charge in [-0.05, 0) is 42.1 Å². The Bertz CT molecular complexity index is 686. The summed E-state index contributed by atoms with van der Waals surface area (Å²) in [6.45, 7) is 2.13. The van der Waals surface area contributed by atoms with E-state index in [1.165, 1.54) is 20.5 Å². The van der Waals surface area contributed by atoms with Crippen LogP contribution < -0.4 is 5.73 Å². The lowest BCUT2D eigenvalue weighted by Gasteiger charge is -1.96. The maximum atomic E-state index is 5.78. The molecule has 17 heavy (non-hydrogen) atoms. The van der Waals surface area contributed by atoms with Crippen molar-refractivity contribution in [1.29, 1.82) is 0 Å². The van der Waals surface area contributed by atoms with Crippen molar-refractivity contribution in [2.24, 2.45) is 0 Å². The second-order valence-electron chi connectivity index (χ2n) is 4.07. The van der Waals surface area contributed by atoms with Crippen molar-refractivity contribution < 1.29 is 0 Å². The molecule has 0 aliphatic rings. The Morgan fingerprint density at radius 2 is 2.06 bits per heavy atom. The fourth-order valence-corrected chi connectivity index (χ4v) is 3.02. The third kappa shape index (κ3) is 1.78. The number of anilines is 1. The highest BCUT2D eigenvalue weighted by Crippen LogP contribution is 2.34. The summed E-state index contributed by atoms with van der Waals surface area (Å²) in [5.74, 6) is 0. The van der Waals surface area contributed by atoms with Gasteiger partial charge >= 0.3 is 0 Å². The molecule has 0 aliphatic carbocycles. The van der Waals surface area contributed by atoms with Gasteiger partial charge in [0.25, 0.3) is 0 Å². The van der Waals surface area contributed by atoms with Crippen LogP contribution in [0.5, 0.6) is 0 Å². The summed E-state index contributed by atoms with van der Waals surface area (Å²) in [4.78, 5) is 5.53. The molecule has 0 amide bonds. The number of fused-ring (bicyclic) bond motifs is 1. The van der Waals surface area contributed by atoms with Crippen molar-refractivity contribution in [3.8, 4) is 10.6 Å². The number of aryl methyl sites for hydroxylation is 1. The maximum Gasteiger partial charge on any atom is 0.0822 e. The minimum absolute atomic E-state index is 0.754. The fraction of sp³-hybridized carbons (Fsp3) is 0.0714. The van der Waals surface area contributed by atoms with Crippen molar-refractivity contribution in [2.75, 3.05) is 5.73 Å². The zero-order chi connectivity index (χ0) is 11.8. The van der Waals surface area contributed by atoms with Gasteiger partial charge in [0.15, 0.2) is 0 Å². The first kappa shape index (κ1) is 10.3. The van der Waals surface area contributed by atoms with Gasteiger partial charge in [0.05, 0.1) is 10.6 Å². The quantitative estimate of drug-likeness (QED) is 0.701. The van der Waals surface area contributed by atoms with Crippen molar-refractivity contribution in [2.45, 2.75) is 6.92 Å². The molecule has 0 radical (unpaired) electrons. The Morgan fingerprint density at radius 1 is 1.18 bits per heavy atom. The average Bonchev–Trinajstić information content (AvgIpc) is 2.74. The highest BCUT2D eigenvalue weighted by atomic mass is 32.1. The van der Waals surface area contributed by atoms with Gasteiger partial charge in [-0.2, -0.15) is 0 Å². The highest BCUT2D eigenvalue weighted by molar-refractivity contribution is 7.22. The lowest BCUT2D eigenvalue weighted by Crippen LogP contribution is -1.86. The van der Waals surface area contributed by atoms with Crippen LogP contribution in [0.3, 0.4) is 0 Å². The Balaban J connectivity index is 2.22. The summed E-state index contributed by atoms with van der Waals surface area (Å²) in [6.07, 6.45) is 1.75. The largest absolute Gasteiger partial charge is 0.399 e. The van der Waals surface area contributed by atoms with E-state index in [1.54, 1.807) is 17.5 Å². The molecule has 0 spiro atoms. The van der Waals surface area contributed by atoms with Crippen LogP contribution in [-0.4, -0.2) is 4.98 Å². The Hall–Kier alpha value is -1.87. The van der Waals surface area contributed by atoms with Crippen molar-refractivity contribution >= 4 is 27.1 Å². The maximum absolute atomic E-state index is 5.78. The fourth-order valence-electron chi connectivity index (χ4n) is 1.91. The van der Waals surface area contributed by atoms with Crippen LogP contribution in [-0.2, 0) is 0 Å². The number of benzene rings is 1. The number of nitrogen functional groups attached to an aromatic ring is 1. The van der Waals surface area contributed by atoms with Gasteiger partial charge in [0, 0.05) is 16.6 Å². The predicted octanol–water partition coefficient (Wildman–Crippen LogP) is 3.85. The predicted molar refractivity (Wildman–Crippen MR) is 74.2 cm³/mol. The van der Waals surface area contributed by atoms with Crippen LogP contribution >= 0.6 is 11.3 Å². The van der Waals surface area contributed by atoms with Crippen LogP contribution in [0.25, 0.3) is 20.7 Å². The van der Waals surface area contributed by atoms with E-state index in [9.17, 15) is 0 Å². The minimum atomic E-state index is 0.754. The third-order valence-corrected chi connectivity index (χ3v) is 3.94.